The van der Waals surface area contributed by atoms with E-state index >= 15 is 0 Å². The molecule has 2 aliphatic rings. The van der Waals surface area contributed by atoms with E-state index in [0.717, 1.165) is 50.3 Å². The molecule has 2 heterocycles. The molecule has 6 nitrogen and oxygen atoms in total. The Morgan fingerprint density at radius 3 is 2.64 bits per heavy atom. The summed E-state index contributed by atoms with van der Waals surface area (Å²) < 4.78 is 11.8. The molecule has 1 aromatic rings. The Morgan fingerprint density at radius 1 is 1.21 bits per heavy atom. The lowest BCUT2D eigenvalue weighted by Crippen LogP contribution is -2.54. The van der Waals surface area contributed by atoms with Crippen LogP contribution in [0, 0.1) is 0 Å². The highest BCUT2D eigenvalue weighted by Crippen LogP contribution is 2.35. The number of hydrogen-bond donors (Lipinski definition) is 0. The first-order valence-electron chi connectivity index (χ1n) is 9.55. The fraction of sp³-hybridized carbons (Fsp3) is 0.500. The molecule has 1 aromatic carbocycles. The molecule has 152 valence electrons. The number of methoxy groups -OCH3 is 1. The summed E-state index contributed by atoms with van der Waals surface area (Å²) in [7, 11) is 3.71. The molecule has 0 radical (unpaired) electrons. The maximum Gasteiger partial charge on any atom is 0.280 e. The van der Waals surface area contributed by atoms with Gasteiger partial charge in [-0.3, -0.25) is 4.79 Å². The summed E-state index contributed by atoms with van der Waals surface area (Å²) in [6, 6.07) is 5.72. The fourth-order valence-electron chi connectivity index (χ4n) is 3.07. The summed E-state index contributed by atoms with van der Waals surface area (Å²) >= 11 is 6.82. The van der Waals surface area contributed by atoms with Crippen molar-refractivity contribution >= 4 is 40.3 Å². The van der Waals surface area contributed by atoms with Gasteiger partial charge in [0.15, 0.2) is 15.8 Å². The molecule has 1 amide bonds. The van der Waals surface area contributed by atoms with Crippen LogP contribution in [0.15, 0.2) is 23.1 Å². The second-order valence-corrected chi connectivity index (χ2v) is 8.54. The van der Waals surface area contributed by atoms with Gasteiger partial charge in [-0.15, -0.1) is 0 Å². The third-order valence-electron chi connectivity index (χ3n) is 4.78. The third-order valence-corrected chi connectivity index (χ3v) is 6.06. The van der Waals surface area contributed by atoms with E-state index in [1.54, 1.807) is 12.1 Å². The molecule has 0 unspecified atom stereocenters. The lowest BCUT2D eigenvalue weighted by atomic mass is 10.2. The molecule has 0 atom stereocenters. The number of thiocarbonyl (C=S) groups is 1. The van der Waals surface area contributed by atoms with Crippen molar-refractivity contribution in [2.45, 2.75) is 19.8 Å². The Hall–Kier alpha value is -1.61. The van der Waals surface area contributed by atoms with Crippen molar-refractivity contribution in [2.24, 2.45) is 0 Å². The smallest absolute Gasteiger partial charge is 0.280 e. The highest BCUT2D eigenvalue weighted by atomic mass is 32.2. The monoisotopic (exact) mass is 421 g/mol. The number of piperazine rings is 1. The SMILES string of the molecule is CCCCOc1ccc(/C=C2\SC(=S)N(N3CCN(C)CC3)C2=O)cc1OC. The van der Waals surface area contributed by atoms with Crippen LogP contribution in [0.3, 0.4) is 0 Å². The highest BCUT2D eigenvalue weighted by Gasteiger charge is 2.37. The van der Waals surface area contributed by atoms with Crippen LogP contribution >= 0.6 is 24.0 Å². The van der Waals surface area contributed by atoms with E-state index in [0.29, 0.717) is 21.6 Å². The minimum atomic E-state index is -0.0539. The van der Waals surface area contributed by atoms with E-state index in [1.807, 2.05) is 29.3 Å². The first kappa shape index (κ1) is 21.1. The molecule has 2 aliphatic heterocycles. The zero-order valence-electron chi connectivity index (χ0n) is 16.6. The molecule has 2 fully saturated rings. The molecule has 0 spiro atoms. The van der Waals surface area contributed by atoms with E-state index in [2.05, 4.69) is 18.9 Å². The van der Waals surface area contributed by atoms with Gasteiger partial charge in [0.25, 0.3) is 5.91 Å². The van der Waals surface area contributed by atoms with Gasteiger partial charge in [0.1, 0.15) is 0 Å². The number of rotatable bonds is 7. The number of amides is 1. The number of carbonyl (C=O) groups is 1. The molecular weight excluding hydrogens is 394 g/mol. The average Bonchev–Trinajstić information content (AvgIpc) is 2.97. The summed E-state index contributed by atoms with van der Waals surface area (Å²) in [5.74, 6) is 1.33. The van der Waals surface area contributed by atoms with Crippen molar-refractivity contribution in [3.05, 3.63) is 28.7 Å². The van der Waals surface area contributed by atoms with Crippen molar-refractivity contribution in [3.8, 4) is 11.5 Å². The largest absolute Gasteiger partial charge is 0.493 e. The van der Waals surface area contributed by atoms with Gasteiger partial charge < -0.3 is 14.4 Å². The number of ether oxygens (including phenoxy) is 2. The van der Waals surface area contributed by atoms with E-state index < -0.39 is 0 Å². The molecule has 8 heteroatoms. The van der Waals surface area contributed by atoms with Gasteiger partial charge in [-0.05, 0) is 37.2 Å². The van der Waals surface area contributed by atoms with Gasteiger partial charge in [-0.2, -0.15) is 0 Å². The van der Waals surface area contributed by atoms with E-state index in [9.17, 15) is 4.79 Å². The number of thioether (sulfide) groups is 1. The first-order valence-corrected chi connectivity index (χ1v) is 10.8. The Balaban J connectivity index is 1.74. The predicted octanol–water partition coefficient (Wildman–Crippen LogP) is 3.24. The Morgan fingerprint density at radius 2 is 1.96 bits per heavy atom. The van der Waals surface area contributed by atoms with Crippen molar-refractivity contribution in [1.82, 2.24) is 14.9 Å². The summed E-state index contributed by atoms with van der Waals surface area (Å²) in [4.78, 5) is 15.8. The summed E-state index contributed by atoms with van der Waals surface area (Å²) in [5, 5.41) is 3.70. The van der Waals surface area contributed by atoms with Crippen molar-refractivity contribution in [2.75, 3.05) is 46.9 Å². The van der Waals surface area contributed by atoms with E-state index in [1.165, 1.54) is 11.8 Å². The molecule has 0 saturated carbocycles. The topological polar surface area (TPSA) is 45.2 Å². The lowest BCUT2D eigenvalue weighted by molar-refractivity contribution is -0.135. The summed E-state index contributed by atoms with van der Waals surface area (Å²) in [6.07, 6.45) is 3.95. The van der Waals surface area contributed by atoms with Crippen LogP contribution in [-0.2, 0) is 4.79 Å². The maximum atomic E-state index is 12.9. The number of nitrogens with zero attached hydrogens (tertiary/aromatic N) is 3. The molecule has 0 aliphatic carbocycles. The van der Waals surface area contributed by atoms with Crippen LogP contribution in [0.25, 0.3) is 6.08 Å². The second kappa shape index (κ2) is 9.73. The Labute approximate surface area is 176 Å². The third kappa shape index (κ3) is 4.86. The number of benzene rings is 1. The zero-order valence-corrected chi connectivity index (χ0v) is 18.3. The molecule has 3 rings (SSSR count). The van der Waals surface area contributed by atoms with E-state index in [-0.39, 0.29) is 5.91 Å². The van der Waals surface area contributed by atoms with Crippen LogP contribution in [0.5, 0.6) is 11.5 Å². The van der Waals surface area contributed by atoms with E-state index in [4.69, 9.17) is 21.7 Å². The van der Waals surface area contributed by atoms with Crippen molar-refractivity contribution < 1.29 is 14.3 Å². The maximum absolute atomic E-state index is 12.9. The molecule has 0 bridgehead atoms. The van der Waals surface area contributed by atoms with Crippen LogP contribution in [0.2, 0.25) is 0 Å². The predicted molar refractivity (Wildman–Crippen MR) is 117 cm³/mol. The average molecular weight is 422 g/mol. The van der Waals surface area contributed by atoms with Crippen LogP contribution in [-0.4, -0.2) is 72.1 Å². The standard InChI is InChI=1S/C20H27N3O3S2/c1-4-5-12-26-16-7-6-15(13-17(16)25-3)14-18-19(24)23(20(27)28-18)22-10-8-21(2)9-11-22/h6-7,13-14H,4-5,8-12H2,1-3H3/b18-14-. The molecule has 28 heavy (non-hydrogen) atoms. The molecule has 2 saturated heterocycles. The van der Waals surface area contributed by atoms with Crippen molar-refractivity contribution in [3.63, 3.8) is 0 Å². The van der Waals surface area contributed by atoms with Gasteiger partial charge in [-0.25, -0.2) is 10.0 Å². The van der Waals surface area contributed by atoms with Gasteiger partial charge in [0.05, 0.1) is 18.6 Å². The molecule has 0 aromatic heterocycles. The Bertz CT molecular complexity index is 761. The normalized spacial score (nSPS) is 20.2. The van der Waals surface area contributed by atoms with Crippen LogP contribution in [0.4, 0.5) is 0 Å². The quantitative estimate of drug-likeness (QED) is 0.380. The molecular formula is C20H27N3O3S2. The van der Waals surface area contributed by atoms with Crippen LogP contribution in [0.1, 0.15) is 25.3 Å². The number of carbonyl (C=O) groups excluding carboxylic acids is 1. The minimum Gasteiger partial charge on any atom is -0.493 e. The first-order chi connectivity index (χ1) is 13.5. The lowest BCUT2D eigenvalue weighted by Gasteiger charge is -2.37. The fourth-order valence-corrected chi connectivity index (χ4v) is 4.38. The van der Waals surface area contributed by atoms with Gasteiger partial charge >= 0.3 is 0 Å². The summed E-state index contributed by atoms with van der Waals surface area (Å²) in [5.41, 5.74) is 0.888. The molecule has 0 N–H and O–H groups in total. The number of likely N-dealkylation sites (N-methyl/N-ethyl adjacent to an activating group) is 1. The highest BCUT2D eigenvalue weighted by molar-refractivity contribution is 8.26. The number of hydrogen-bond acceptors (Lipinski definition) is 7. The summed E-state index contributed by atoms with van der Waals surface area (Å²) in [6.45, 7) is 6.24. The zero-order chi connectivity index (χ0) is 20.1. The minimum absolute atomic E-state index is 0.0539. The number of hydrazine groups is 1. The number of unbranched alkanes of at least 4 members (excludes halogenated alkanes) is 1. The van der Waals surface area contributed by atoms with Crippen molar-refractivity contribution in [1.29, 1.82) is 0 Å². The van der Waals surface area contributed by atoms with Gasteiger partial charge in [0, 0.05) is 26.2 Å². The van der Waals surface area contributed by atoms with Crippen LogP contribution < -0.4 is 9.47 Å². The second-order valence-electron chi connectivity index (χ2n) is 6.86. The van der Waals surface area contributed by atoms with Gasteiger partial charge in [0.2, 0.25) is 0 Å². The Kier molecular flexibility index (Phi) is 7.34. The van der Waals surface area contributed by atoms with Gasteiger partial charge in [-0.1, -0.05) is 43.4 Å².